The normalized spacial score (nSPS) is 11.6. The van der Waals surface area contributed by atoms with Crippen LogP contribution in [0.4, 0.5) is 9.59 Å². The molecule has 0 spiro atoms. The van der Waals surface area contributed by atoms with Crippen molar-refractivity contribution in [2.45, 2.75) is 10.1 Å². The summed E-state index contributed by atoms with van der Waals surface area (Å²) in [5.74, 6) is 0.748. The number of carbonyl (C=O) groups is 2. The second kappa shape index (κ2) is 8.56. The van der Waals surface area contributed by atoms with Crippen LogP contribution in [0, 0.1) is 0 Å². The van der Waals surface area contributed by atoms with Gasteiger partial charge in [-0.3, -0.25) is 9.59 Å². The molecule has 0 N–H and O–H groups in total. The maximum atomic E-state index is 11.9. The zero-order valence-electron chi connectivity index (χ0n) is 11.9. The highest BCUT2D eigenvalue weighted by molar-refractivity contribution is 8.13. The molecule has 1 amide bonds. The number of hydrogen-bond acceptors (Lipinski definition) is 7. The van der Waals surface area contributed by atoms with Crippen molar-refractivity contribution in [1.29, 1.82) is 0 Å². The molecule has 1 aromatic heterocycles. The van der Waals surface area contributed by atoms with Crippen LogP contribution in [0.15, 0.2) is 39.7 Å². The number of benzene rings is 1. The number of thioether (sulfide) groups is 3. The van der Waals surface area contributed by atoms with E-state index >= 15 is 0 Å². The van der Waals surface area contributed by atoms with E-state index in [2.05, 4.69) is 10.1 Å². The Labute approximate surface area is 144 Å². The third-order valence-corrected chi connectivity index (χ3v) is 5.53. The average molecular weight is 372 g/mol. The van der Waals surface area contributed by atoms with Crippen LogP contribution in [-0.4, -0.2) is 32.8 Å². The second-order valence-corrected chi connectivity index (χ2v) is 7.58. The maximum Gasteiger partial charge on any atom is 0.308 e. The topological polar surface area (TPSA) is 64.3 Å². The smallest absolute Gasteiger partial charge is 0.259 e. The summed E-state index contributed by atoms with van der Waals surface area (Å²) in [6.45, 7) is 0. The Balaban J connectivity index is 2.24. The first-order valence-electron chi connectivity index (χ1n) is 6.12. The van der Waals surface area contributed by atoms with Crippen molar-refractivity contribution in [3.05, 3.63) is 40.7 Å². The van der Waals surface area contributed by atoms with Crippen LogP contribution < -0.4 is 4.80 Å². The third kappa shape index (κ3) is 4.73. The minimum absolute atomic E-state index is 0.254. The zero-order valence-corrected chi connectivity index (χ0v) is 15.2. The standard InChI is InChI=1S/C13H13N3O2S4/c1-19-11(17)14-10-16(13(18)20-2)15-12(22-10)21-8-9-6-4-3-5-7-9/h3-7H,8H2,1-2H3/b14-10+. The molecule has 0 atom stereocenters. The number of carbonyl (C=O) groups excluding carboxylic acids is 2. The SMILES string of the molecule is CSC(=O)/N=c1/sc(SCc2ccccc2)nn1C(=O)SC. The summed E-state index contributed by atoms with van der Waals surface area (Å²) >= 11 is 4.80. The molecule has 0 bridgehead atoms. The lowest BCUT2D eigenvalue weighted by atomic mass is 10.2. The Kier molecular flexibility index (Phi) is 6.74. The summed E-state index contributed by atoms with van der Waals surface area (Å²) in [5.41, 5.74) is 1.17. The summed E-state index contributed by atoms with van der Waals surface area (Å²) in [7, 11) is 0. The molecule has 0 saturated carbocycles. The van der Waals surface area contributed by atoms with E-state index in [4.69, 9.17) is 0 Å². The summed E-state index contributed by atoms with van der Waals surface area (Å²) in [5, 5.41) is 3.66. The van der Waals surface area contributed by atoms with Crippen molar-refractivity contribution in [1.82, 2.24) is 9.78 Å². The van der Waals surface area contributed by atoms with Gasteiger partial charge in [-0.2, -0.15) is 9.67 Å². The summed E-state index contributed by atoms with van der Waals surface area (Å²) in [4.78, 5) is 27.6. The molecule has 22 heavy (non-hydrogen) atoms. The second-order valence-electron chi connectivity index (χ2n) is 3.89. The third-order valence-electron chi connectivity index (χ3n) is 2.46. The molecular formula is C13H13N3O2S4. The lowest BCUT2D eigenvalue weighted by molar-refractivity contribution is 0.258. The van der Waals surface area contributed by atoms with E-state index in [1.165, 1.54) is 33.3 Å². The van der Waals surface area contributed by atoms with Crippen LogP contribution >= 0.6 is 46.6 Å². The summed E-state index contributed by atoms with van der Waals surface area (Å²) in [6.07, 6.45) is 3.32. The quantitative estimate of drug-likeness (QED) is 0.761. The van der Waals surface area contributed by atoms with Gasteiger partial charge in [-0.05, 0) is 18.1 Å². The average Bonchev–Trinajstić information content (AvgIpc) is 2.95. The summed E-state index contributed by atoms with van der Waals surface area (Å²) < 4.78 is 1.90. The Morgan fingerprint density at radius 2 is 1.95 bits per heavy atom. The molecule has 5 nitrogen and oxygen atoms in total. The van der Waals surface area contributed by atoms with Crippen LogP contribution in [0.5, 0.6) is 0 Å². The van der Waals surface area contributed by atoms with Gasteiger partial charge in [0.2, 0.25) is 4.80 Å². The van der Waals surface area contributed by atoms with Crippen LogP contribution in [0.3, 0.4) is 0 Å². The lowest BCUT2D eigenvalue weighted by Crippen LogP contribution is -2.22. The fourth-order valence-electron chi connectivity index (χ4n) is 1.44. The van der Waals surface area contributed by atoms with Crippen molar-refractivity contribution < 1.29 is 9.59 Å². The van der Waals surface area contributed by atoms with Crippen LogP contribution in [0.1, 0.15) is 5.56 Å². The molecule has 0 aliphatic rings. The van der Waals surface area contributed by atoms with E-state index in [0.29, 0.717) is 9.14 Å². The van der Waals surface area contributed by atoms with Gasteiger partial charge in [0.1, 0.15) is 0 Å². The van der Waals surface area contributed by atoms with Gasteiger partial charge < -0.3 is 0 Å². The molecule has 0 fully saturated rings. The number of nitrogens with zero attached hydrogens (tertiary/aromatic N) is 3. The van der Waals surface area contributed by atoms with Gasteiger partial charge in [0.15, 0.2) is 4.34 Å². The predicted molar refractivity (Wildman–Crippen MR) is 94.9 cm³/mol. The number of amides is 1. The lowest BCUT2D eigenvalue weighted by Gasteiger charge is -1.97. The van der Waals surface area contributed by atoms with E-state index in [1.54, 1.807) is 12.5 Å². The largest absolute Gasteiger partial charge is 0.308 e. The molecule has 1 heterocycles. The van der Waals surface area contributed by atoms with Crippen molar-refractivity contribution in [2.24, 2.45) is 4.99 Å². The molecule has 0 aliphatic carbocycles. The van der Waals surface area contributed by atoms with Crippen LogP contribution in [-0.2, 0) is 5.75 Å². The molecule has 1 aromatic carbocycles. The Morgan fingerprint density at radius 1 is 1.23 bits per heavy atom. The Morgan fingerprint density at radius 3 is 2.59 bits per heavy atom. The Hall–Kier alpha value is -1.03. The van der Waals surface area contributed by atoms with Gasteiger partial charge in [0.25, 0.3) is 0 Å². The minimum atomic E-state index is -0.342. The first kappa shape index (κ1) is 17.3. The highest BCUT2D eigenvalue weighted by atomic mass is 32.2. The van der Waals surface area contributed by atoms with Gasteiger partial charge in [-0.15, -0.1) is 5.10 Å². The van der Waals surface area contributed by atoms with Crippen molar-refractivity contribution in [2.75, 3.05) is 12.5 Å². The molecule has 0 aliphatic heterocycles. The molecule has 116 valence electrons. The van der Waals surface area contributed by atoms with Gasteiger partial charge in [0, 0.05) is 5.75 Å². The van der Waals surface area contributed by atoms with E-state index in [9.17, 15) is 9.59 Å². The first-order chi connectivity index (χ1) is 10.6. The summed E-state index contributed by atoms with van der Waals surface area (Å²) in [6, 6.07) is 9.99. The fourth-order valence-corrected chi connectivity index (χ4v) is 3.91. The number of hydrogen-bond donors (Lipinski definition) is 0. The molecular weight excluding hydrogens is 358 g/mol. The zero-order chi connectivity index (χ0) is 15.9. The maximum absolute atomic E-state index is 11.9. The Bertz CT molecular complexity index is 724. The van der Waals surface area contributed by atoms with E-state index in [1.807, 2.05) is 30.3 Å². The predicted octanol–water partition coefficient (Wildman–Crippen LogP) is 3.95. The van der Waals surface area contributed by atoms with E-state index in [-0.39, 0.29) is 10.5 Å². The monoisotopic (exact) mass is 371 g/mol. The van der Waals surface area contributed by atoms with Crippen molar-refractivity contribution in [3.8, 4) is 0 Å². The highest BCUT2D eigenvalue weighted by Gasteiger charge is 2.13. The first-order valence-corrected chi connectivity index (χ1v) is 10.4. The minimum Gasteiger partial charge on any atom is -0.259 e. The number of aromatic nitrogens is 2. The molecule has 2 aromatic rings. The van der Waals surface area contributed by atoms with E-state index < -0.39 is 0 Å². The van der Waals surface area contributed by atoms with Crippen molar-refractivity contribution in [3.63, 3.8) is 0 Å². The van der Waals surface area contributed by atoms with Crippen LogP contribution in [0.25, 0.3) is 0 Å². The van der Waals surface area contributed by atoms with Crippen LogP contribution in [0.2, 0.25) is 0 Å². The molecule has 0 radical (unpaired) electrons. The van der Waals surface area contributed by atoms with Gasteiger partial charge in [-0.1, -0.05) is 77.0 Å². The highest BCUT2D eigenvalue weighted by Crippen LogP contribution is 2.23. The van der Waals surface area contributed by atoms with Gasteiger partial charge >= 0.3 is 10.5 Å². The van der Waals surface area contributed by atoms with Gasteiger partial charge in [0.05, 0.1) is 0 Å². The van der Waals surface area contributed by atoms with E-state index in [0.717, 1.165) is 29.3 Å². The molecule has 0 unspecified atom stereocenters. The molecule has 2 rings (SSSR count). The molecule has 0 saturated heterocycles. The van der Waals surface area contributed by atoms with Gasteiger partial charge in [-0.25, -0.2) is 0 Å². The molecule has 9 heteroatoms. The van der Waals surface area contributed by atoms with Crippen molar-refractivity contribution >= 4 is 57.1 Å². The number of rotatable bonds is 3. The fraction of sp³-hybridized carbons (Fsp3) is 0.231.